The van der Waals surface area contributed by atoms with Crippen LogP contribution in [-0.4, -0.2) is 28.7 Å². The molecule has 0 heterocycles. The van der Waals surface area contributed by atoms with E-state index in [1.807, 2.05) is 0 Å². The molecular formula is C14H18ClNO4. The summed E-state index contributed by atoms with van der Waals surface area (Å²) in [5.41, 5.74) is 5.23. The number of esters is 1. The average Bonchev–Trinajstić information content (AvgIpc) is 2.29. The Morgan fingerprint density at radius 2 is 1.85 bits per heavy atom. The molecule has 0 bridgehead atoms. The highest BCUT2D eigenvalue weighted by atomic mass is 35.5. The zero-order valence-corrected chi connectivity index (χ0v) is 12.3. The molecule has 0 fully saturated rings. The van der Waals surface area contributed by atoms with E-state index in [1.54, 1.807) is 45.0 Å². The molecular weight excluding hydrogens is 282 g/mol. The maximum atomic E-state index is 12.2. The SMILES string of the molecule is CC(C)(C)OC(=O)C(c1ccccc1Cl)C(N)C(=O)O. The number of carbonyl (C=O) groups is 2. The second-order valence-electron chi connectivity index (χ2n) is 5.40. The van der Waals surface area contributed by atoms with Crippen molar-refractivity contribution in [2.75, 3.05) is 0 Å². The van der Waals surface area contributed by atoms with Crippen LogP contribution in [0.1, 0.15) is 32.3 Å². The van der Waals surface area contributed by atoms with Gasteiger partial charge in [-0.2, -0.15) is 0 Å². The van der Waals surface area contributed by atoms with Crippen molar-refractivity contribution in [2.24, 2.45) is 5.73 Å². The number of hydrogen-bond acceptors (Lipinski definition) is 4. The largest absolute Gasteiger partial charge is 0.480 e. The van der Waals surface area contributed by atoms with Gasteiger partial charge in [-0.05, 0) is 32.4 Å². The summed E-state index contributed by atoms with van der Waals surface area (Å²) >= 11 is 6.03. The van der Waals surface area contributed by atoms with Gasteiger partial charge in [0.25, 0.3) is 0 Å². The fourth-order valence-electron chi connectivity index (χ4n) is 1.70. The van der Waals surface area contributed by atoms with Gasteiger partial charge in [0.2, 0.25) is 0 Å². The first kappa shape index (κ1) is 16.5. The predicted molar refractivity (Wildman–Crippen MR) is 75.6 cm³/mol. The summed E-state index contributed by atoms with van der Waals surface area (Å²) in [6.45, 7) is 5.09. The lowest BCUT2D eigenvalue weighted by Crippen LogP contribution is -2.43. The summed E-state index contributed by atoms with van der Waals surface area (Å²) in [6, 6.07) is 5.06. The molecule has 0 aromatic heterocycles. The van der Waals surface area contributed by atoms with Crippen LogP contribution in [0.5, 0.6) is 0 Å². The summed E-state index contributed by atoms with van der Waals surface area (Å²) in [5, 5.41) is 9.35. The number of nitrogens with two attached hydrogens (primary N) is 1. The van der Waals surface area contributed by atoms with Crippen molar-refractivity contribution in [3.63, 3.8) is 0 Å². The van der Waals surface area contributed by atoms with E-state index in [1.165, 1.54) is 0 Å². The third-order valence-corrected chi connectivity index (χ3v) is 2.89. The molecule has 3 N–H and O–H groups in total. The molecule has 20 heavy (non-hydrogen) atoms. The third kappa shape index (κ3) is 4.21. The molecule has 0 aliphatic carbocycles. The van der Waals surface area contributed by atoms with E-state index in [-0.39, 0.29) is 5.02 Å². The molecule has 110 valence electrons. The van der Waals surface area contributed by atoms with Crippen LogP contribution in [0.15, 0.2) is 24.3 Å². The first-order chi connectivity index (χ1) is 9.13. The molecule has 1 rings (SSSR count). The molecule has 0 spiro atoms. The van der Waals surface area contributed by atoms with Gasteiger partial charge < -0.3 is 15.6 Å². The molecule has 0 aliphatic rings. The van der Waals surface area contributed by atoms with E-state index in [0.717, 1.165) is 0 Å². The van der Waals surface area contributed by atoms with Gasteiger partial charge in [-0.3, -0.25) is 9.59 Å². The Labute approximate surface area is 122 Å². The highest BCUT2D eigenvalue weighted by Crippen LogP contribution is 2.29. The van der Waals surface area contributed by atoms with Crippen LogP contribution in [0, 0.1) is 0 Å². The van der Waals surface area contributed by atoms with Crippen LogP contribution in [0.4, 0.5) is 0 Å². The van der Waals surface area contributed by atoms with E-state index in [9.17, 15) is 9.59 Å². The normalized spacial score (nSPS) is 14.4. The number of rotatable bonds is 4. The van der Waals surface area contributed by atoms with Gasteiger partial charge in [0, 0.05) is 5.02 Å². The Kier molecular flexibility index (Phi) is 5.14. The summed E-state index contributed by atoms with van der Waals surface area (Å²) in [4.78, 5) is 23.4. The van der Waals surface area contributed by atoms with Crippen molar-refractivity contribution in [2.45, 2.75) is 38.3 Å². The monoisotopic (exact) mass is 299 g/mol. The van der Waals surface area contributed by atoms with Gasteiger partial charge in [0.05, 0.1) is 0 Å². The van der Waals surface area contributed by atoms with Gasteiger partial charge >= 0.3 is 11.9 Å². The fourth-order valence-corrected chi connectivity index (χ4v) is 1.96. The minimum Gasteiger partial charge on any atom is -0.480 e. The first-order valence-corrected chi connectivity index (χ1v) is 6.47. The molecule has 1 aromatic rings. The van der Waals surface area contributed by atoms with Crippen molar-refractivity contribution >= 4 is 23.5 Å². The van der Waals surface area contributed by atoms with E-state index in [4.69, 9.17) is 27.2 Å². The Balaban J connectivity index is 3.20. The molecule has 2 unspecified atom stereocenters. The molecule has 0 aliphatic heterocycles. The van der Waals surface area contributed by atoms with Crippen molar-refractivity contribution in [1.82, 2.24) is 0 Å². The summed E-state index contributed by atoms with van der Waals surface area (Å²) < 4.78 is 5.24. The molecule has 0 saturated carbocycles. The number of carboxylic acid groups (broad SMARTS) is 1. The summed E-state index contributed by atoms with van der Waals surface area (Å²) in [5.74, 6) is -3.15. The highest BCUT2D eigenvalue weighted by Gasteiger charge is 2.36. The molecule has 6 heteroatoms. The Morgan fingerprint density at radius 3 is 2.30 bits per heavy atom. The lowest BCUT2D eigenvalue weighted by atomic mass is 9.91. The van der Waals surface area contributed by atoms with Gasteiger partial charge in [-0.25, -0.2) is 0 Å². The maximum Gasteiger partial charge on any atom is 0.321 e. The van der Waals surface area contributed by atoms with Crippen molar-refractivity contribution in [1.29, 1.82) is 0 Å². The van der Waals surface area contributed by atoms with Crippen LogP contribution in [0.25, 0.3) is 0 Å². The number of carbonyl (C=O) groups excluding carboxylic acids is 1. The third-order valence-electron chi connectivity index (χ3n) is 2.55. The Morgan fingerprint density at radius 1 is 1.30 bits per heavy atom. The van der Waals surface area contributed by atoms with Gasteiger partial charge in [-0.1, -0.05) is 29.8 Å². The van der Waals surface area contributed by atoms with E-state index >= 15 is 0 Å². The van der Waals surface area contributed by atoms with E-state index < -0.39 is 29.5 Å². The van der Waals surface area contributed by atoms with Crippen LogP contribution in [0.3, 0.4) is 0 Å². The maximum absolute atomic E-state index is 12.2. The van der Waals surface area contributed by atoms with Gasteiger partial charge in [0.1, 0.15) is 17.6 Å². The van der Waals surface area contributed by atoms with E-state index in [0.29, 0.717) is 5.56 Å². The van der Waals surface area contributed by atoms with E-state index in [2.05, 4.69) is 0 Å². The lowest BCUT2D eigenvalue weighted by Gasteiger charge is -2.26. The van der Waals surface area contributed by atoms with Gasteiger partial charge in [0.15, 0.2) is 0 Å². The van der Waals surface area contributed by atoms with Crippen LogP contribution in [0.2, 0.25) is 5.02 Å². The van der Waals surface area contributed by atoms with Crippen LogP contribution < -0.4 is 5.73 Å². The number of aliphatic carboxylic acids is 1. The molecule has 0 radical (unpaired) electrons. The van der Waals surface area contributed by atoms with Crippen molar-refractivity contribution in [3.05, 3.63) is 34.9 Å². The standard InChI is InChI=1S/C14H18ClNO4/c1-14(2,3)20-13(19)10(11(16)12(17)18)8-6-4-5-7-9(8)15/h4-7,10-11H,16H2,1-3H3,(H,17,18). The average molecular weight is 300 g/mol. The lowest BCUT2D eigenvalue weighted by molar-refractivity contribution is -0.160. The molecule has 2 atom stereocenters. The second kappa shape index (κ2) is 6.24. The van der Waals surface area contributed by atoms with Crippen LogP contribution >= 0.6 is 11.6 Å². The first-order valence-electron chi connectivity index (χ1n) is 6.09. The number of benzene rings is 1. The zero-order valence-electron chi connectivity index (χ0n) is 11.6. The molecule has 0 saturated heterocycles. The number of ether oxygens (including phenoxy) is 1. The Hall–Kier alpha value is -1.59. The number of carboxylic acids is 1. The minimum atomic E-state index is -1.43. The Bertz CT molecular complexity index is 510. The van der Waals surface area contributed by atoms with Gasteiger partial charge in [-0.15, -0.1) is 0 Å². The zero-order chi connectivity index (χ0) is 15.5. The minimum absolute atomic E-state index is 0.278. The van der Waals surface area contributed by atoms with Crippen molar-refractivity contribution in [3.8, 4) is 0 Å². The molecule has 1 aromatic carbocycles. The smallest absolute Gasteiger partial charge is 0.321 e. The summed E-state index contributed by atoms with van der Waals surface area (Å²) in [6.07, 6.45) is 0. The van der Waals surface area contributed by atoms with Crippen LogP contribution in [-0.2, 0) is 14.3 Å². The highest BCUT2D eigenvalue weighted by molar-refractivity contribution is 6.31. The number of hydrogen-bond donors (Lipinski definition) is 2. The van der Waals surface area contributed by atoms with Crippen molar-refractivity contribution < 1.29 is 19.4 Å². The summed E-state index contributed by atoms with van der Waals surface area (Å²) in [7, 11) is 0. The molecule has 0 amide bonds. The topological polar surface area (TPSA) is 89.6 Å². The molecule has 5 nitrogen and oxygen atoms in total. The predicted octanol–water partition coefficient (Wildman–Crippen LogP) is 2.18. The fraction of sp³-hybridized carbons (Fsp3) is 0.429. The second-order valence-corrected chi connectivity index (χ2v) is 5.80. The number of halogens is 1. The quantitative estimate of drug-likeness (QED) is 0.832.